The van der Waals surface area contributed by atoms with Crippen LogP contribution in [0.2, 0.25) is 0 Å². The molecular weight excluding hydrogens is 86.1 g/mol. The zero-order valence-corrected chi connectivity index (χ0v) is 5.58. The molecule has 0 heterocycles. The van der Waals surface area contributed by atoms with Crippen LogP contribution in [0.25, 0.3) is 0 Å². The summed E-state index contributed by atoms with van der Waals surface area (Å²) in [5.41, 5.74) is 1.29. The van der Waals surface area contributed by atoms with Crippen molar-refractivity contribution in [1.82, 2.24) is 0 Å². The summed E-state index contributed by atoms with van der Waals surface area (Å²) < 4.78 is 0. The zero-order chi connectivity index (χ0) is 5.86. The lowest BCUT2D eigenvalue weighted by molar-refractivity contribution is -0.494. The molecule has 0 amide bonds. The van der Waals surface area contributed by atoms with Gasteiger partial charge in [0.15, 0.2) is 0 Å². The molecule has 0 aliphatic rings. The van der Waals surface area contributed by atoms with Gasteiger partial charge in [-0.3, -0.25) is 0 Å². The summed E-state index contributed by atoms with van der Waals surface area (Å²) in [7, 11) is 0. The standard InChI is InChI=1S/C6H13N/c1-5(2)7-6(3)4/h5H,1-4H3/p+1. The summed E-state index contributed by atoms with van der Waals surface area (Å²) in [6.07, 6.45) is 0. The third-order valence-corrected chi connectivity index (χ3v) is 0.577. The largest absolute Gasteiger partial charge is 0.248 e. The highest BCUT2D eigenvalue weighted by molar-refractivity contribution is 5.72. The number of hydrogen-bond donors (Lipinski definition) is 1. The highest BCUT2D eigenvalue weighted by atomic mass is 14.8. The molecule has 0 radical (unpaired) electrons. The van der Waals surface area contributed by atoms with Gasteiger partial charge in [-0.05, 0) is 13.8 Å². The van der Waals surface area contributed by atoms with Crippen LogP contribution in [0, 0.1) is 0 Å². The van der Waals surface area contributed by atoms with Crippen molar-refractivity contribution in [2.45, 2.75) is 33.7 Å². The Hall–Kier alpha value is -0.330. The molecule has 0 unspecified atom stereocenters. The maximum Gasteiger partial charge on any atom is 0.145 e. The molecule has 0 fully saturated rings. The second kappa shape index (κ2) is 2.78. The lowest BCUT2D eigenvalue weighted by atomic mass is 10.4. The van der Waals surface area contributed by atoms with Crippen LogP contribution in [0.1, 0.15) is 27.7 Å². The first-order chi connectivity index (χ1) is 3.13. The molecule has 0 aromatic carbocycles. The fourth-order valence-electron chi connectivity index (χ4n) is 0.577. The van der Waals surface area contributed by atoms with Gasteiger partial charge in [-0.25, -0.2) is 4.99 Å². The lowest BCUT2D eigenvalue weighted by Gasteiger charge is -1.86. The first-order valence-electron chi connectivity index (χ1n) is 2.69. The van der Waals surface area contributed by atoms with Gasteiger partial charge < -0.3 is 0 Å². The monoisotopic (exact) mass is 100 g/mol. The summed E-state index contributed by atoms with van der Waals surface area (Å²) >= 11 is 0. The molecule has 1 N–H and O–H groups in total. The maximum absolute atomic E-state index is 3.22. The van der Waals surface area contributed by atoms with Crippen LogP contribution >= 0.6 is 0 Å². The Morgan fingerprint density at radius 3 is 1.71 bits per heavy atom. The molecule has 0 aliphatic carbocycles. The average Bonchev–Trinajstić information content (AvgIpc) is 1.27. The highest BCUT2D eigenvalue weighted by Gasteiger charge is 1.90. The van der Waals surface area contributed by atoms with Gasteiger partial charge in [-0.2, -0.15) is 0 Å². The normalized spacial score (nSPS) is 9.29. The van der Waals surface area contributed by atoms with E-state index in [1.807, 2.05) is 0 Å². The van der Waals surface area contributed by atoms with Crippen molar-refractivity contribution >= 4 is 5.71 Å². The fraction of sp³-hybridized carbons (Fsp3) is 0.833. The first kappa shape index (κ1) is 6.67. The molecule has 42 valence electrons. The van der Waals surface area contributed by atoms with Crippen molar-refractivity contribution in [2.75, 3.05) is 0 Å². The minimum absolute atomic E-state index is 0.588. The van der Waals surface area contributed by atoms with Crippen molar-refractivity contribution in [2.24, 2.45) is 0 Å². The Kier molecular flexibility index (Phi) is 2.65. The smallest absolute Gasteiger partial charge is 0.145 e. The topological polar surface area (TPSA) is 14.0 Å². The van der Waals surface area contributed by atoms with E-state index in [-0.39, 0.29) is 0 Å². The summed E-state index contributed by atoms with van der Waals surface area (Å²) in [6.45, 7) is 8.40. The van der Waals surface area contributed by atoms with Gasteiger partial charge in [0, 0.05) is 13.8 Å². The Labute approximate surface area is 45.5 Å². The molecule has 0 bridgehead atoms. The molecule has 0 aromatic heterocycles. The molecule has 0 saturated heterocycles. The van der Waals surface area contributed by atoms with Crippen LogP contribution in [-0.2, 0) is 0 Å². The van der Waals surface area contributed by atoms with Gasteiger partial charge >= 0.3 is 0 Å². The van der Waals surface area contributed by atoms with E-state index < -0.39 is 0 Å². The van der Waals surface area contributed by atoms with Crippen molar-refractivity contribution in [3.05, 3.63) is 0 Å². The van der Waals surface area contributed by atoms with Crippen molar-refractivity contribution < 1.29 is 4.99 Å². The Morgan fingerprint density at radius 2 is 1.71 bits per heavy atom. The molecule has 0 spiro atoms. The van der Waals surface area contributed by atoms with E-state index in [9.17, 15) is 0 Å². The predicted octanol–water partition coefficient (Wildman–Crippen LogP) is -0.0438. The van der Waals surface area contributed by atoms with E-state index in [1.165, 1.54) is 5.71 Å². The molecule has 0 aliphatic heterocycles. The predicted molar refractivity (Wildman–Crippen MR) is 32.5 cm³/mol. The lowest BCUT2D eigenvalue weighted by Crippen LogP contribution is -2.76. The SMILES string of the molecule is CC(C)=[NH+]C(C)C. The molecule has 0 rings (SSSR count). The summed E-state index contributed by atoms with van der Waals surface area (Å²) in [5, 5.41) is 0. The minimum Gasteiger partial charge on any atom is -0.248 e. The van der Waals surface area contributed by atoms with E-state index in [1.54, 1.807) is 0 Å². The van der Waals surface area contributed by atoms with E-state index in [0.29, 0.717) is 6.04 Å². The Bertz CT molecular complexity index is 68.2. The van der Waals surface area contributed by atoms with Gasteiger partial charge in [0.25, 0.3) is 0 Å². The minimum atomic E-state index is 0.588. The number of nitrogens with one attached hydrogen (secondary N) is 1. The molecule has 0 saturated carbocycles. The summed E-state index contributed by atoms with van der Waals surface area (Å²) in [5.74, 6) is 0. The summed E-state index contributed by atoms with van der Waals surface area (Å²) in [6, 6.07) is 0.588. The quantitative estimate of drug-likeness (QED) is 0.444. The molecule has 0 atom stereocenters. The van der Waals surface area contributed by atoms with E-state index in [0.717, 1.165) is 0 Å². The first-order valence-corrected chi connectivity index (χ1v) is 2.69. The van der Waals surface area contributed by atoms with Crippen molar-refractivity contribution in [3.8, 4) is 0 Å². The molecule has 7 heavy (non-hydrogen) atoms. The van der Waals surface area contributed by atoms with Crippen LogP contribution in [0.5, 0.6) is 0 Å². The van der Waals surface area contributed by atoms with Gasteiger partial charge in [0.05, 0.1) is 0 Å². The van der Waals surface area contributed by atoms with Crippen LogP contribution in [0.4, 0.5) is 0 Å². The van der Waals surface area contributed by atoms with Crippen LogP contribution < -0.4 is 4.99 Å². The van der Waals surface area contributed by atoms with E-state index >= 15 is 0 Å². The summed E-state index contributed by atoms with van der Waals surface area (Å²) in [4.78, 5) is 3.22. The second-order valence-electron chi connectivity index (χ2n) is 2.30. The Balaban J connectivity index is 3.45. The van der Waals surface area contributed by atoms with Gasteiger partial charge in [0.2, 0.25) is 0 Å². The van der Waals surface area contributed by atoms with Crippen LogP contribution in [-0.4, -0.2) is 11.8 Å². The van der Waals surface area contributed by atoms with Crippen molar-refractivity contribution in [1.29, 1.82) is 0 Å². The van der Waals surface area contributed by atoms with Crippen molar-refractivity contribution in [3.63, 3.8) is 0 Å². The zero-order valence-electron chi connectivity index (χ0n) is 5.58. The highest BCUT2D eigenvalue weighted by Crippen LogP contribution is 1.59. The van der Waals surface area contributed by atoms with E-state index in [4.69, 9.17) is 0 Å². The molecular formula is C6H14N+. The maximum atomic E-state index is 3.22. The number of hydrogen-bond acceptors (Lipinski definition) is 0. The van der Waals surface area contributed by atoms with E-state index in [2.05, 4.69) is 32.7 Å². The molecule has 1 heteroatoms. The Morgan fingerprint density at radius 1 is 1.29 bits per heavy atom. The van der Waals surface area contributed by atoms with Crippen LogP contribution in [0.3, 0.4) is 0 Å². The number of rotatable bonds is 1. The average molecular weight is 100 g/mol. The molecule has 0 aromatic rings. The fourth-order valence-corrected chi connectivity index (χ4v) is 0.577. The second-order valence-corrected chi connectivity index (χ2v) is 2.30. The van der Waals surface area contributed by atoms with Gasteiger partial charge in [-0.15, -0.1) is 0 Å². The van der Waals surface area contributed by atoms with Gasteiger partial charge in [0.1, 0.15) is 11.8 Å². The third kappa shape index (κ3) is 5.67. The van der Waals surface area contributed by atoms with Gasteiger partial charge in [-0.1, -0.05) is 0 Å². The third-order valence-electron chi connectivity index (χ3n) is 0.577. The molecule has 1 nitrogen and oxygen atoms in total. The van der Waals surface area contributed by atoms with Crippen LogP contribution in [0.15, 0.2) is 0 Å².